The van der Waals surface area contributed by atoms with Crippen LogP contribution in [-0.2, 0) is 32.0 Å². The number of nitrogens with two attached hydrogens (primary N) is 3. The summed E-state index contributed by atoms with van der Waals surface area (Å²) in [6.45, 7) is 4.26. The number of carbonyl (C=O) groups is 5. The van der Waals surface area contributed by atoms with Gasteiger partial charge in [0.1, 0.15) is 18.1 Å². The lowest BCUT2D eigenvalue weighted by molar-refractivity contribution is -0.140. The standard InChI is InChI=1S/C42H54FN9O5/c1-26(2)22-29(12-8-20-47-41(57)36(23-27-10-4-3-5-11-27)51-39(55)28-16-18-31(43)19-17-28)40(56)50-34(15-9-21-48-42(44)45)37(53)38(54)35(52-46)24-30-25-49-33-14-7-6-13-32(30)33/h3-8,10-14,16-19,25-26,29,34-36,42,48-49,52H,9,15,20-24,44-46H2,1-2H3,(H,47,57)(H,50,56)(H,51,55)/b12-8+/t29-,34-,35-,36-/m0/s1. The highest BCUT2D eigenvalue weighted by molar-refractivity contribution is 6.41. The maximum atomic E-state index is 13.8. The van der Waals surface area contributed by atoms with E-state index in [0.717, 1.165) is 22.0 Å². The van der Waals surface area contributed by atoms with Gasteiger partial charge < -0.3 is 32.4 Å². The van der Waals surface area contributed by atoms with Crippen molar-refractivity contribution in [3.8, 4) is 0 Å². The van der Waals surface area contributed by atoms with Gasteiger partial charge in [-0.2, -0.15) is 0 Å². The topological polar surface area (TPSA) is 239 Å². The van der Waals surface area contributed by atoms with Crippen LogP contribution in [0.5, 0.6) is 0 Å². The third-order valence-corrected chi connectivity index (χ3v) is 9.38. The molecule has 0 unspecified atom stereocenters. The van der Waals surface area contributed by atoms with Gasteiger partial charge in [0.25, 0.3) is 5.91 Å². The number of Topliss-reactive ketones (excluding diaryl/α,β-unsaturated/α-hetero) is 2. The molecular weight excluding hydrogens is 730 g/mol. The van der Waals surface area contributed by atoms with Crippen molar-refractivity contribution in [2.75, 3.05) is 13.1 Å². The van der Waals surface area contributed by atoms with Gasteiger partial charge in [0.05, 0.1) is 18.0 Å². The molecule has 0 bridgehead atoms. The Hall–Kier alpha value is -5.58. The molecule has 0 saturated heterocycles. The Labute approximate surface area is 331 Å². The number of amides is 3. The fourth-order valence-corrected chi connectivity index (χ4v) is 6.41. The first-order chi connectivity index (χ1) is 27.4. The Morgan fingerprint density at radius 3 is 2.18 bits per heavy atom. The fraction of sp³-hybridized carbons (Fsp3) is 0.357. The van der Waals surface area contributed by atoms with Gasteiger partial charge in [-0.15, -0.1) is 0 Å². The third-order valence-electron chi connectivity index (χ3n) is 9.38. The van der Waals surface area contributed by atoms with Gasteiger partial charge in [0.2, 0.25) is 23.4 Å². The van der Waals surface area contributed by atoms with E-state index in [1.54, 1.807) is 18.3 Å². The van der Waals surface area contributed by atoms with Crippen molar-refractivity contribution in [2.45, 2.75) is 70.4 Å². The summed E-state index contributed by atoms with van der Waals surface area (Å²) in [6.07, 6.45) is 5.52. The number of H-pyrrole nitrogens is 1. The lowest BCUT2D eigenvalue weighted by Crippen LogP contribution is -2.53. The van der Waals surface area contributed by atoms with E-state index in [9.17, 15) is 28.4 Å². The number of rotatable bonds is 23. The van der Waals surface area contributed by atoms with Crippen LogP contribution < -0.4 is 44.0 Å². The number of hydrazine groups is 1. The molecule has 14 nitrogen and oxygen atoms in total. The molecule has 1 heterocycles. The molecule has 304 valence electrons. The van der Waals surface area contributed by atoms with Crippen LogP contribution in [0.3, 0.4) is 0 Å². The van der Waals surface area contributed by atoms with E-state index >= 15 is 0 Å². The molecule has 0 aliphatic rings. The molecule has 4 aromatic rings. The minimum absolute atomic E-state index is 0.0297. The number of hydrogen-bond acceptors (Lipinski definition) is 10. The van der Waals surface area contributed by atoms with E-state index in [-0.39, 0.29) is 37.3 Å². The second-order valence-corrected chi connectivity index (χ2v) is 14.3. The normalized spacial score (nSPS) is 13.7. The minimum Gasteiger partial charge on any atom is -0.361 e. The smallest absolute Gasteiger partial charge is 0.251 e. The number of hydrogen-bond donors (Lipinski definition) is 9. The number of carbonyl (C=O) groups excluding carboxylic acids is 5. The SMILES string of the molecule is CC(C)C[C@H](/C=C/CNC(=O)[C@H](Cc1ccccc1)NC(=O)c1ccc(F)cc1)C(=O)N[C@@H](CCCNC(N)N)C(=O)C(=O)[C@H](Cc1c[nH]c2ccccc12)NN. The van der Waals surface area contributed by atoms with Gasteiger partial charge in [-0.3, -0.25) is 35.1 Å². The summed E-state index contributed by atoms with van der Waals surface area (Å²) >= 11 is 0. The highest BCUT2D eigenvalue weighted by Gasteiger charge is 2.33. The molecular formula is C42H54FN9O5. The molecule has 1 aromatic heterocycles. The van der Waals surface area contributed by atoms with Crippen molar-refractivity contribution in [1.29, 1.82) is 0 Å². The average molecular weight is 784 g/mol. The van der Waals surface area contributed by atoms with Crippen LogP contribution in [0.1, 0.15) is 54.6 Å². The highest BCUT2D eigenvalue weighted by Crippen LogP contribution is 2.20. The molecule has 4 atom stereocenters. The van der Waals surface area contributed by atoms with Crippen LogP contribution in [0, 0.1) is 17.7 Å². The maximum absolute atomic E-state index is 13.8. The molecule has 0 radical (unpaired) electrons. The number of ketones is 2. The van der Waals surface area contributed by atoms with Gasteiger partial charge in [0, 0.05) is 35.6 Å². The van der Waals surface area contributed by atoms with E-state index in [0.29, 0.717) is 19.4 Å². The van der Waals surface area contributed by atoms with E-state index in [1.165, 1.54) is 24.3 Å². The quantitative estimate of drug-likeness (QED) is 0.0133. The number of aromatic nitrogens is 1. The molecule has 15 heteroatoms. The number of benzene rings is 3. The molecule has 0 aliphatic carbocycles. The zero-order valence-corrected chi connectivity index (χ0v) is 32.3. The van der Waals surface area contributed by atoms with Crippen LogP contribution in [0.25, 0.3) is 10.9 Å². The van der Waals surface area contributed by atoms with Gasteiger partial charge in [-0.05, 0) is 79.6 Å². The summed E-state index contributed by atoms with van der Waals surface area (Å²) in [5.74, 6) is 1.64. The van der Waals surface area contributed by atoms with Crippen LogP contribution in [-0.4, -0.2) is 71.8 Å². The highest BCUT2D eigenvalue weighted by atomic mass is 19.1. The lowest BCUT2D eigenvalue weighted by atomic mass is 9.92. The molecule has 0 aliphatic heterocycles. The third kappa shape index (κ3) is 13.8. The maximum Gasteiger partial charge on any atom is 0.251 e. The molecule has 3 aromatic carbocycles. The second kappa shape index (κ2) is 22.2. The lowest BCUT2D eigenvalue weighted by Gasteiger charge is -2.23. The van der Waals surface area contributed by atoms with E-state index < -0.39 is 65.4 Å². The number of halogens is 1. The van der Waals surface area contributed by atoms with Gasteiger partial charge in [-0.25, -0.2) is 9.82 Å². The summed E-state index contributed by atoms with van der Waals surface area (Å²) < 4.78 is 13.5. The van der Waals surface area contributed by atoms with Crippen molar-refractivity contribution in [3.63, 3.8) is 0 Å². The summed E-state index contributed by atoms with van der Waals surface area (Å²) in [6, 6.07) is 18.6. The summed E-state index contributed by atoms with van der Waals surface area (Å²) in [7, 11) is 0. The average Bonchev–Trinajstić information content (AvgIpc) is 3.61. The molecule has 12 N–H and O–H groups in total. The predicted molar refractivity (Wildman–Crippen MR) is 217 cm³/mol. The zero-order chi connectivity index (χ0) is 41.3. The largest absolute Gasteiger partial charge is 0.361 e. The van der Waals surface area contributed by atoms with Crippen molar-refractivity contribution in [1.82, 2.24) is 31.7 Å². The molecule has 0 fully saturated rings. The molecule has 0 spiro atoms. The molecule has 4 rings (SSSR count). The predicted octanol–water partition coefficient (Wildman–Crippen LogP) is 2.25. The van der Waals surface area contributed by atoms with Gasteiger partial charge in [0.15, 0.2) is 0 Å². The van der Waals surface area contributed by atoms with Crippen molar-refractivity contribution < 1.29 is 28.4 Å². The van der Waals surface area contributed by atoms with E-state index in [1.807, 2.05) is 68.4 Å². The van der Waals surface area contributed by atoms with Gasteiger partial charge in [-0.1, -0.05) is 74.5 Å². The summed E-state index contributed by atoms with van der Waals surface area (Å²) in [4.78, 5) is 70.8. The Kier molecular flexibility index (Phi) is 17.2. The van der Waals surface area contributed by atoms with E-state index in [2.05, 4.69) is 31.7 Å². The minimum atomic E-state index is -1.16. The van der Waals surface area contributed by atoms with Crippen LogP contribution in [0.15, 0.2) is 97.2 Å². The first-order valence-electron chi connectivity index (χ1n) is 19.0. The number of fused-ring (bicyclic) bond motifs is 1. The first-order valence-corrected chi connectivity index (χ1v) is 19.0. The van der Waals surface area contributed by atoms with Crippen LogP contribution >= 0.6 is 0 Å². The molecule has 3 amide bonds. The Balaban J connectivity index is 1.44. The summed E-state index contributed by atoms with van der Waals surface area (Å²) in [5.41, 5.74) is 16.4. The summed E-state index contributed by atoms with van der Waals surface area (Å²) in [5, 5.41) is 12.1. The second-order valence-electron chi connectivity index (χ2n) is 14.3. The van der Waals surface area contributed by atoms with Crippen molar-refractivity contribution in [3.05, 3.63) is 120 Å². The van der Waals surface area contributed by atoms with Gasteiger partial charge >= 0.3 is 0 Å². The monoisotopic (exact) mass is 783 g/mol. The van der Waals surface area contributed by atoms with Crippen molar-refractivity contribution >= 4 is 40.2 Å². The zero-order valence-electron chi connectivity index (χ0n) is 32.3. The van der Waals surface area contributed by atoms with E-state index in [4.69, 9.17) is 17.3 Å². The Morgan fingerprint density at radius 1 is 0.807 bits per heavy atom. The Bertz CT molecular complexity index is 1970. The number of nitrogens with one attached hydrogen (secondary N) is 6. The Morgan fingerprint density at radius 2 is 1.49 bits per heavy atom. The fourth-order valence-electron chi connectivity index (χ4n) is 6.41. The first kappa shape index (κ1) is 44.1. The van der Waals surface area contributed by atoms with Crippen molar-refractivity contribution in [2.24, 2.45) is 29.1 Å². The van der Waals surface area contributed by atoms with Crippen LogP contribution in [0.2, 0.25) is 0 Å². The molecule has 57 heavy (non-hydrogen) atoms. The number of aromatic amines is 1. The molecule has 0 saturated carbocycles. The number of para-hydroxylation sites is 1. The van der Waals surface area contributed by atoms with Crippen LogP contribution in [0.4, 0.5) is 4.39 Å².